The van der Waals surface area contributed by atoms with Gasteiger partial charge < -0.3 is 5.32 Å². The van der Waals surface area contributed by atoms with Gasteiger partial charge in [-0.25, -0.2) is 12.7 Å². The van der Waals surface area contributed by atoms with Gasteiger partial charge in [0, 0.05) is 30.0 Å². The Morgan fingerprint density at radius 1 is 1.21 bits per heavy atom. The van der Waals surface area contributed by atoms with Crippen molar-refractivity contribution < 1.29 is 13.2 Å². The summed E-state index contributed by atoms with van der Waals surface area (Å²) >= 11 is 3.36. The van der Waals surface area contributed by atoms with Crippen molar-refractivity contribution in [2.45, 2.75) is 58.1 Å². The summed E-state index contributed by atoms with van der Waals surface area (Å²) in [5.74, 6) is 0.547. The molecule has 0 bridgehead atoms. The summed E-state index contributed by atoms with van der Waals surface area (Å²) in [6.45, 7) is 5.93. The molecule has 0 saturated carbocycles. The zero-order valence-corrected chi connectivity index (χ0v) is 19.4. The lowest BCUT2D eigenvalue weighted by molar-refractivity contribution is -0.126. The molecule has 5 nitrogen and oxygen atoms in total. The third-order valence-electron chi connectivity index (χ3n) is 5.59. The number of piperidine rings is 1. The Bertz CT molecular complexity index is 714. The summed E-state index contributed by atoms with van der Waals surface area (Å²) in [4.78, 5) is 12.5. The predicted molar refractivity (Wildman–Crippen MR) is 117 cm³/mol. The number of hydrogen-bond acceptors (Lipinski definition) is 3. The number of nitrogens with zero attached hydrogens (tertiary/aromatic N) is 1. The van der Waals surface area contributed by atoms with Gasteiger partial charge in [0.15, 0.2) is 0 Å². The lowest BCUT2D eigenvalue weighted by Gasteiger charge is -2.31. The number of rotatable bonds is 10. The molecule has 1 amide bonds. The molecule has 1 aromatic carbocycles. The van der Waals surface area contributed by atoms with Gasteiger partial charge in [-0.2, -0.15) is 0 Å². The monoisotopic (exact) mass is 472 g/mol. The first kappa shape index (κ1) is 23.4. The van der Waals surface area contributed by atoms with Crippen LogP contribution in [0.3, 0.4) is 0 Å². The number of hydrogen-bond donors (Lipinski definition) is 1. The summed E-state index contributed by atoms with van der Waals surface area (Å²) in [6, 6.07) is 7.35. The average molecular weight is 473 g/mol. The minimum atomic E-state index is -3.35. The van der Waals surface area contributed by atoms with Crippen LogP contribution in [-0.4, -0.2) is 38.3 Å². The first-order valence-corrected chi connectivity index (χ1v) is 12.8. The summed E-state index contributed by atoms with van der Waals surface area (Å²) in [5, 5.41) is 3.10. The van der Waals surface area contributed by atoms with E-state index in [0.29, 0.717) is 31.8 Å². The highest BCUT2D eigenvalue weighted by atomic mass is 79.9. The molecule has 0 spiro atoms. The molecule has 1 heterocycles. The number of carbonyl (C=O) groups excluding carboxylic acids is 1. The summed E-state index contributed by atoms with van der Waals surface area (Å²) in [7, 11) is -3.35. The van der Waals surface area contributed by atoms with E-state index in [1.165, 1.54) is 17.1 Å². The summed E-state index contributed by atoms with van der Waals surface area (Å²) in [6.07, 6.45) is 5.79. The minimum absolute atomic E-state index is 0.00670. The Morgan fingerprint density at radius 3 is 2.43 bits per heavy atom. The van der Waals surface area contributed by atoms with Gasteiger partial charge in [0.2, 0.25) is 15.9 Å². The average Bonchev–Trinajstić information content (AvgIpc) is 2.69. The second kappa shape index (κ2) is 11.3. The van der Waals surface area contributed by atoms with Crippen LogP contribution in [0.5, 0.6) is 0 Å². The third-order valence-corrected chi connectivity index (χ3v) is 7.97. The van der Waals surface area contributed by atoms with Gasteiger partial charge in [0.05, 0.1) is 5.75 Å². The fourth-order valence-corrected chi connectivity index (χ4v) is 5.44. The predicted octanol–water partition coefficient (Wildman–Crippen LogP) is 4.32. The topological polar surface area (TPSA) is 66.5 Å². The fourth-order valence-electron chi connectivity index (χ4n) is 3.61. The van der Waals surface area contributed by atoms with Crippen LogP contribution in [0.2, 0.25) is 0 Å². The molecule has 0 aromatic heterocycles. The minimum Gasteiger partial charge on any atom is -0.356 e. The number of nitrogens with one attached hydrogen (secondary N) is 1. The van der Waals surface area contributed by atoms with Crippen molar-refractivity contribution in [2.24, 2.45) is 11.8 Å². The molecule has 1 aliphatic heterocycles. The Balaban J connectivity index is 1.80. The van der Waals surface area contributed by atoms with Crippen LogP contribution in [0.15, 0.2) is 28.7 Å². The van der Waals surface area contributed by atoms with Crippen LogP contribution in [0.1, 0.15) is 57.9 Å². The molecule has 1 aromatic rings. The Labute approximate surface area is 178 Å². The van der Waals surface area contributed by atoms with Gasteiger partial charge in [0.25, 0.3) is 0 Å². The Morgan fingerprint density at radius 2 is 1.86 bits per heavy atom. The zero-order valence-electron chi connectivity index (χ0n) is 17.0. The van der Waals surface area contributed by atoms with Gasteiger partial charge in [-0.05, 0) is 42.9 Å². The van der Waals surface area contributed by atoms with E-state index >= 15 is 0 Å². The van der Waals surface area contributed by atoms with E-state index in [0.717, 1.165) is 29.4 Å². The lowest BCUT2D eigenvalue weighted by Crippen LogP contribution is -2.44. The highest BCUT2D eigenvalue weighted by molar-refractivity contribution is 9.10. The summed E-state index contributed by atoms with van der Waals surface area (Å²) in [5.41, 5.74) is 0.778. The lowest BCUT2D eigenvalue weighted by atomic mass is 9.95. The van der Waals surface area contributed by atoms with Gasteiger partial charge in [0.1, 0.15) is 0 Å². The van der Waals surface area contributed by atoms with E-state index in [9.17, 15) is 13.2 Å². The summed E-state index contributed by atoms with van der Waals surface area (Å²) < 4.78 is 27.8. The highest BCUT2D eigenvalue weighted by Gasteiger charge is 2.31. The molecular weight excluding hydrogens is 440 g/mol. The van der Waals surface area contributed by atoms with E-state index < -0.39 is 10.0 Å². The van der Waals surface area contributed by atoms with Crippen molar-refractivity contribution in [1.82, 2.24) is 9.62 Å². The van der Waals surface area contributed by atoms with E-state index in [2.05, 4.69) is 35.1 Å². The second-order valence-corrected chi connectivity index (χ2v) is 10.6. The molecule has 2 rings (SSSR count). The third kappa shape index (κ3) is 7.16. The van der Waals surface area contributed by atoms with E-state index in [1.807, 2.05) is 24.3 Å². The van der Waals surface area contributed by atoms with Crippen molar-refractivity contribution in [2.75, 3.05) is 19.6 Å². The molecule has 1 aliphatic rings. The van der Waals surface area contributed by atoms with Crippen molar-refractivity contribution in [3.8, 4) is 0 Å². The first-order valence-electron chi connectivity index (χ1n) is 10.4. The van der Waals surface area contributed by atoms with Crippen LogP contribution >= 0.6 is 15.9 Å². The Kier molecular flexibility index (Phi) is 9.44. The van der Waals surface area contributed by atoms with Crippen LogP contribution in [0.4, 0.5) is 0 Å². The molecule has 158 valence electrons. The normalized spacial score (nSPS) is 17.4. The Hall–Kier alpha value is -0.920. The number of amides is 1. The smallest absolute Gasteiger partial charge is 0.223 e. The van der Waals surface area contributed by atoms with E-state index in [1.54, 1.807) is 0 Å². The number of sulfonamides is 1. The standard InChI is InChI=1S/C21H33BrN2O3S/c1-3-5-6-17(4-2)15-23-21(25)19-11-13-24(14-12-19)28(26,27)16-18-7-9-20(22)10-8-18/h7-10,17,19H,3-6,11-16H2,1-2H3,(H,23,25)/t17-/m1/s1. The molecule has 0 aliphatic carbocycles. The fraction of sp³-hybridized carbons (Fsp3) is 0.667. The number of halogens is 1. The molecule has 1 N–H and O–H groups in total. The molecule has 1 atom stereocenters. The van der Waals surface area contributed by atoms with E-state index in [-0.39, 0.29) is 17.6 Å². The maximum absolute atomic E-state index is 12.7. The van der Waals surface area contributed by atoms with Gasteiger partial charge in [-0.1, -0.05) is 61.2 Å². The van der Waals surface area contributed by atoms with Crippen LogP contribution in [0.25, 0.3) is 0 Å². The van der Waals surface area contributed by atoms with Crippen molar-refractivity contribution >= 4 is 31.9 Å². The van der Waals surface area contributed by atoms with Crippen LogP contribution in [0, 0.1) is 11.8 Å². The molecule has 1 fully saturated rings. The van der Waals surface area contributed by atoms with Crippen LogP contribution < -0.4 is 5.32 Å². The maximum Gasteiger partial charge on any atom is 0.223 e. The second-order valence-electron chi connectivity index (χ2n) is 7.72. The van der Waals surface area contributed by atoms with Crippen molar-refractivity contribution in [3.63, 3.8) is 0 Å². The molecule has 0 unspecified atom stereocenters. The molecule has 0 radical (unpaired) electrons. The molecule has 7 heteroatoms. The van der Waals surface area contributed by atoms with Gasteiger partial charge >= 0.3 is 0 Å². The van der Waals surface area contributed by atoms with E-state index in [4.69, 9.17) is 0 Å². The van der Waals surface area contributed by atoms with Gasteiger partial charge in [-0.15, -0.1) is 0 Å². The first-order chi connectivity index (χ1) is 13.4. The van der Waals surface area contributed by atoms with Crippen molar-refractivity contribution in [3.05, 3.63) is 34.3 Å². The van der Waals surface area contributed by atoms with Crippen molar-refractivity contribution in [1.29, 1.82) is 0 Å². The highest BCUT2D eigenvalue weighted by Crippen LogP contribution is 2.23. The zero-order chi connectivity index (χ0) is 20.6. The van der Waals surface area contributed by atoms with Gasteiger partial charge in [-0.3, -0.25) is 4.79 Å². The molecule has 1 saturated heterocycles. The largest absolute Gasteiger partial charge is 0.356 e. The quantitative estimate of drug-likeness (QED) is 0.550. The molecule has 28 heavy (non-hydrogen) atoms. The number of unbranched alkanes of at least 4 members (excludes halogenated alkanes) is 1. The number of benzene rings is 1. The molecular formula is C21H33BrN2O3S. The number of carbonyl (C=O) groups is 1. The maximum atomic E-state index is 12.7. The SMILES string of the molecule is CCCC[C@@H](CC)CNC(=O)C1CCN(S(=O)(=O)Cc2ccc(Br)cc2)CC1. The van der Waals surface area contributed by atoms with Crippen LogP contribution in [-0.2, 0) is 20.6 Å².